The van der Waals surface area contributed by atoms with Crippen LogP contribution in [0, 0.1) is 0 Å². The average molecular weight is 258 g/mol. The summed E-state index contributed by atoms with van der Waals surface area (Å²) in [7, 11) is 0. The lowest BCUT2D eigenvalue weighted by molar-refractivity contribution is -0.134. The second-order valence-corrected chi connectivity index (χ2v) is 3.59. The van der Waals surface area contributed by atoms with Crippen LogP contribution in [0.5, 0.6) is 5.75 Å². The summed E-state index contributed by atoms with van der Waals surface area (Å²) in [6, 6.07) is 18.0. The van der Waals surface area contributed by atoms with Crippen LogP contribution in [0.1, 0.15) is 17.3 Å². The van der Waals surface area contributed by atoms with Crippen molar-refractivity contribution >= 4 is 11.9 Å². The minimum Gasteiger partial charge on any atom is -0.481 e. The van der Waals surface area contributed by atoms with E-state index >= 15 is 0 Å². The lowest BCUT2D eigenvalue weighted by Gasteiger charge is -2.02. The summed E-state index contributed by atoms with van der Waals surface area (Å²) in [5, 5.41) is 7.42. The molecular formula is C15H14O4. The molecule has 2 aromatic carbocycles. The van der Waals surface area contributed by atoms with Crippen LogP contribution in [0.15, 0.2) is 60.7 Å². The zero-order chi connectivity index (χ0) is 14.1. The van der Waals surface area contributed by atoms with Crippen LogP contribution in [0.4, 0.5) is 0 Å². The number of ether oxygens (including phenoxy) is 1. The van der Waals surface area contributed by atoms with Crippen LogP contribution in [0.2, 0.25) is 0 Å². The van der Waals surface area contributed by atoms with Gasteiger partial charge >= 0.3 is 5.97 Å². The van der Waals surface area contributed by atoms with Crippen LogP contribution < -0.4 is 4.74 Å². The summed E-state index contributed by atoms with van der Waals surface area (Å²) in [4.78, 5) is 20.6. The molecule has 0 unspecified atom stereocenters. The van der Waals surface area contributed by atoms with Crippen molar-refractivity contribution in [1.29, 1.82) is 0 Å². The number of hydrogen-bond donors (Lipinski definition) is 1. The van der Waals surface area contributed by atoms with Gasteiger partial charge in [0.1, 0.15) is 5.75 Å². The van der Waals surface area contributed by atoms with Gasteiger partial charge in [0.25, 0.3) is 5.97 Å². The normalized spacial score (nSPS) is 8.89. The number of carboxylic acids is 1. The van der Waals surface area contributed by atoms with E-state index in [0.29, 0.717) is 11.3 Å². The Labute approximate surface area is 111 Å². The van der Waals surface area contributed by atoms with Gasteiger partial charge in [0.05, 0.1) is 5.56 Å². The highest BCUT2D eigenvalue weighted by atomic mass is 16.5. The summed E-state index contributed by atoms with van der Waals surface area (Å²) in [6.45, 7) is 1.08. The summed E-state index contributed by atoms with van der Waals surface area (Å²) in [5.74, 6) is -0.604. The van der Waals surface area contributed by atoms with Gasteiger partial charge in [0, 0.05) is 6.92 Å². The van der Waals surface area contributed by atoms with Crippen molar-refractivity contribution in [2.24, 2.45) is 0 Å². The molecule has 4 nitrogen and oxygen atoms in total. The van der Waals surface area contributed by atoms with E-state index in [0.717, 1.165) is 6.92 Å². The lowest BCUT2D eigenvalue weighted by atomic mass is 10.2. The molecule has 4 heteroatoms. The SMILES string of the molecule is CC(=O)O.O=C(Oc1ccccc1)c1ccccc1. The molecule has 0 aromatic heterocycles. The first-order valence-corrected chi connectivity index (χ1v) is 5.61. The van der Waals surface area contributed by atoms with Crippen molar-refractivity contribution in [3.63, 3.8) is 0 Å². The van der Waals surface area contributed by atoms with Gasteiger partial charge in [-0.3, -0.25) is 4.79 Å². The molecule has 0 atom stereocenters. The Kier molecular flexibility index (Phi) is 5.82. The molecule has 0 aliphatic carbocycles. The molecule has 0 fully saturated rings. The van der Waals surface area contributed by atoms with Gasteiger partial charge in [-0.2, -0.15) is 0 Å². The van der Waals surface area contributed by atoms with Gasteiger partial charge in [-0.25, -0.2) is 4.79 Å². The van der Waals surface area contributed by atoms with Crippen molar-refractivity contribution in [2.45, 2.75) is 6.92 Å². The first kappa shape index (κ1) is 14.4. The minimum absolute atomic E-state index is 0.332. The molecule has 0 saturated heterocycles. The molecule has 0 radical (unpaired) electrons. The number of esters is 1. The molecule has 1 N–H and O–H groups in total. The summed E-state index contributed by atoms with van der Waals surface area (Å²) in [5.41, 5.74) is 0.557. The van der Waals surface area contributed by atoms with Crippen LogP contribution in [0.25, 0.3) is 0 Å². The fourth-order valence-electron chi connectivity index (χ4n) is 1.23. The zero-order valence-corrected chi connectivity index (χ0v) is 10.4. The molecule has 2 rings (SSSR count). The summed E-state index contributed by atoms with van der Waals surface area (Å²) in [6.07, 6.45) is 0. The molecule has 0 spiro atoms. The number of carboxylic acid groups (broad SMARTS) is 1. The minimum atomic E-state index is -0.833. The first-order chi connectivity index (χ1) is 9.09. The standard InChI is InChI=1S/C13H10O2.C2H4O2/c14-13(11-7-3-1-4-8-11)15-12-9-5-2-6-10-12;1-2(3)4/h1-10H;1H3,(H,3,4). The molecule has 19 heavy (non-hydrogen) atoms. The Morgan fingerprint density at radius 3 is 1.79 bits per heavy atom. The van der Waals surface area contributed by atoms with E-state index < -0.39 is 5.97 Å². The largest absolute Gasteiger partial charge is 0.481 e. The molecular weight excluding hydrogens is 244 g/mol. The third-order valence-corrected chi connectivity index (χ3v) is 1.96. The van der Waals surface area contributed by atoms with Crippen molar-refractivity contribution in [1.82, 2.24) is 0 Å². The first-order valence-electron chi connectivity index (χ1n) is 5.61. The Hall–Kier alpha value is -2.62. The third-order valence-electron chi connectivity index (χ3n) is 1.96. The lowest BCUT2D eigenvalue weighted by Crippen LogP contribution is -2.07. The highest BCUT2D eigenvalue weighted by Gasteiger charge is 2.06. The maximum Gasteiger partial charge on any atom is 0.343 e. The monoisotopic (exact) mass is 258 g/mol. The number of hydrogen-bond acceptors (Lipinski definition) is 3. The third kappa shape index (κ3) is 6.02. The number of aliphatic carboxylic acids is 1. The second kappa shape index (κ2) is 7.66. The molecule has 98 valence electrons. The van der Waals surface area contributed by atoms with Crippen molar-refractivity contribution in [3.05, 3.63) is 66.2 Å². The van der Waals surface area contributed by atoms with E-state index in [1.807, 2.05) is 36.4 Å². The summed E-state index contributed by atoms with van der Waals surface area (Å²) < 4.78 is 5.16. The predicted octanol–water partition coefficient (Wildman–Crippen LogP) is 3.00. The van der Waals surface area contributed by atoms with Crippen LogP contribution in [-0.4, -0.2) is 17.0 Å². The summed E-state index contributed by atoms with van der Waals surface area (Å²) >= 11 is 0. The van der Waals surface area contributed by atoms with E-state index in [1.165, 1.54) is 0 Å². The Morgan fingerprint density at radius 1 is 0.895 bits per heavy atom. The number of carbonyl (C=O) groups excluding carboxylic acids is 1. The molecule has 0 saturated carbocycles. The quantitative estimate of drug-likeness (QED) is 0.664. The van der Waals surface area contributed by atoms with E-state index in [2.05, 4.69) is 0 Å². The van der Waals surface area contributed by atoms with Gasteiger partial charge < -0.3 is 9.84 Å². The molecule has 0 aliphatic rings. The fraction of sp³-hybridized carbons (Fsp3) is 0.0667. The molecule has 0 heterocycles. The smallest absolute Gasteiger partial charge is 0.343 e. The number of rotatable bonds is 2. The number of para-hydroxylation sites is 1. The maximum absolute atomic E-state index is 11.6. The van der Waals surface area contributed by atoms with Gasteiger partial charge in [-0.1, -0.05) is 36.4 Å². The Morgan fingerprint density at radius 2 is 1.32 bits per heavy atom. The van der Waals surface area contributed by atoms with Crippen molar-refractivity contribution in [3.8, 4) is 5.75 Å². The topological polar surface area (TPSA) is 63.6 Å². The molecule has 2 aromatic rings. The van der Waals surface area contributed by atoms with Crippen molar-refractivity contribution < 1.29 is 19.4 Å². The highest BCUT2D eigenvalue weighted by molar-refractivity contribution is 5.90. The maximum atomic E-state index is 11.6. The predicted molar refractivity (Wildman–Crippen MR) is 71.2 cm³/mol. The molecule has 0 aliphatic heterocycles. The number of benzene rings is 2. The van der Waals surface area contributed by atoms with Crippen LogP contribution in [0.3, 0.4) is 0 Å². The Balaban J connectivity index is 0.000000399. The Bertz CT molecular complexity index is 516. The second-order valence-electron chi connectivity index (χ2n) is 3.59. The van der Waals surface area contributed by atoms with Crippen LogP contribution in [-0.2, 0) is 4.79 Å². The zero-order valence-electron chi connectivity index (χ0n) is 10.4. The average Bonchev–Trinajstić information content (AvgIpc) is 2.40. The van der Waals surface area contributed by atoms with Gasteiger partial charge in [0.2, 0.25) is 0 Å². The van der Waals surface area contributed by atoms with Gasteiger partial charge in [0.15, 0.2) is 0 Å². The van der Waals surface area contributed by atoms with E-state index in [4.69, 9.17) is 14.6 Å². The van der Waals surface area contributed by atoms with Gasteiger partial charge in [-0.05, 0) is 24.3 Å². The van der Waals surface area contributed by atoms with Gasteiger partial charge in [-0.15, -0.1) is 0 Å². The van der Waals surface area contributed by atoms with E-state index in [9.17, 15) is 4.79 Å². The highest BCUT2D eigenvalue weighted by Crippen LogP contribution is 2.11. The van der Waals surface area contributed by atoms with Crippen LogP contribution >= 0.6 is 0 Å². The fourth-order valence-corrected chi connectivity index (χ4v) is 1.23. The van der Waals surface area contributed by atoms with E-state index in [1.54, 1.807) is 24.3 Å². The molecule has 0 bridgehead atoms. The van der Waals surface area contributed by atoms with E-state index in [-0.39, 0.29) is 5.97 Å². The van der Waals surface area contributed by atoms with Crippen molar-refractivity contribution in [2.75, 3.05) is 0 Å². The number of carbonyl (C=O) groups is 2. The molecule has 0 amide bonds.